The highest BCUT2D eigenvalue weighted by molar-refractivity contribution is 5.85. The number of carbonyl (C=O) groups excluding carboxylic acids is 1. The smallest absolute Gasteiger partial charge is 0.320 e. The molecule has 1 unspecified atom stereocenters. The molecule has 3 rings (SSSR count). The normalized spacial score (nSPS) is 29.4. The molecule has 2 nitrogen and oxygen atoms in total. The molecule has 0 radical (unpaired) electrons. The van der Waals surface area contributed by atoms with E-state index in [4.69, 9.17) is 4.74 Å². The molecule has 94 valence electrons. The topological polar surface area (TPSA) is 26.3 Å². The Kier molecular flexibility index (Phi) is 2.94. The molecule has 1 fully saturated rings. The predicted octanol–water partition coefficient (Wildman–Crippen LogP) is 3.33. The molecule has 0 aromatic carbocycles. The average Bonchev–Trinajstić information content (AvgIpc) is 2.36. The molecule has 1 saturated carbocycles. The van der Waals surface area contributed by atoms with Crippen molar-refractivity contribution < 1.29 is 9.53 Å². The maximum absolute atomic E-state index is 12.4. The van der Waals surface area contributed by atoms with Gasteiger partial charge in [0, 0.05) is 0 Å². The van der Waals surface area contributed by atoms with Gasteiger partial charge in [0.2, 0.25) is 0 Å². The minimum Gasteiger partial charge on any atom is -0.464 e. The number of rotatable bonds is 3. The Morgan fingerprint density at radius 3 is 3.00 bits per heavy atom. The standard InChI is InChI=1S/C16H18O2/c17-15(18-12-13-6-5-7-13)16-10-3-1-8-14(16)9-2-4-11-16/h1-4,8-10,13H,5-7,11-12H2. The van der Waals surface area contributed by atoms with Gasteiger partial charge in [0.25, 0.3) is 0 Å². The van der Waals surface area contributed by atoms with Gasteiger partial charge in [-0.25, -0.2) is 0 Å². The van der Waals surface area contributed by atoms with Crippen LogP contribution in [-0.4, -0.2) is 12.6 Å². The third kappa shape index (κ3) is 1.86. The Balaban J connectivity index is 1.73. The minimum atomic E-state index is -0.562. The zero-order valence-electron chi connectivity index (χ0n) is 10.5. The average molecular weight is 242 g/mol. The molecule has 0 amide bonds. The molecule has 0 heterocycles. The summed E-state index contributed by atoms with van der Waals surface area (Å²) in [6, 6.07) is 0. The van der Waals surface area contributed by atoms with Crippen LogP contribution in [0.4, 0.5) is 0 Å². The van der Waals surface area contributed by atoms with Crippen LogP contribution in [0.3, 0.4) is 0 Å². The number of allylic oxidation sites excluding steroid dienone is 6. The third-order valence-corrected chi connectivity index (χ3v) is 4.17. The minimum absolute atomic E-state index is 0.0920. The molecule has 0 aliphatic heterocycles. The van der Waals surface area contributed by atoms with E-state index in [1.54, 1.807) is 0 Å². The van der Waals surface area contributed by atoms with Gasteiger partial charge in [-0.3, -0.25) is 4.79 Å². The van der Waals surface area contributed by atoms with Crippen molar-refractivity contribution in [2.75, 3.05) is 6.61 Å². The molecule has 3 aliphatic carbocycles. The number of fused-ring (bicyclic) bond motifs is 1. The number of hydrogen-bond donors (Lipinski definition) is 0. The fourth-order valence-corrected chi connectivity index (χ4v) is 2.69. The van der Waals surface area contributed by atoms with E-state index in [1.807, 2.05) is 42.5 Å². The van der Waals surface area contributed by atoms with Crippen LogP contribution in [0, 0.1) is 11.3 Å². The SMILES string of the molecule is O=C(OCC1CCC1)C12C=CC=CC1=CC=CC2. The van der Waals surface area contributed by atoms with Crippen molar-refractivity contribution in [1.82, 2.24) is 0 Å². The molecular formula is C16H18O2. The van der Waals surface area contributed by atoms with Crippen molar-refractivity contribution in [1.29, 1.82) is 0 Å². The quantitative estimate of drug-likeness (QED) is 0.710. The van der Waals surface area contributed by atoms with Gasteiger partial charge in [-0.15, -0.1) is 0 Å². The summed E-state index contributed by atoms with van der Waals surface area (Å²) in [4.78, 5) is 12.4. The first-order valence-corrected chi connectivity index (χ1v) is 6.72. The van der Waals surface area contributed by atoms with E-state index in [0.717, 1.165) is 5.57 Å². The summed E-state index contributed by atoms with van der Waals surface area (Å²) in [5, 5.41) is 0. The molecule has 0 saturated heterocycles. The van der Waals surface area contributed by atoms with Crippen LogP contribution in [0.1, 0.15) is 25.7 Å². The van der Waals surface area contributed by atoms with E-state index in [-0.39, 0.29) is 5.97 Å². The first-order chi connectivity index (χ1) is 8.81. The number of esters is 1. The van der Waals surface area contributed by atoms with Crippen molar-refractivity contribution in [3.05, 3.63) is 48.1 Å². The van der Waals surface area contributed by atoms with Crippen LogP contribution in [-0.2, 0) is 9.53 Å². The van der Waals surface area contributed by atoms with E-state index in [0.29, 0.717) is 18.9 Å². The predicted molar refractivity (Wildman–Crippen MR) is 70.9 cm³/mol. The fourth-order valence-electron chi connectivity index (χ4n) is 2.69. The van der Waals surface area contributed by atoms with E-state index < -0.39 is 5.41 Å². The largest absolute Gasteiger partial charge is 0.464 e. The van der Waals surface area contributed by atoms with Gasteiger partial charge in [0.1, 0.15) is 5.41 Å². The van der Waals surface area contributed by atoms with Crippen LogP contribution >= 0.6 is 0 Å². The second kappa shape index (κ2) is 4.60. The molecule has 0 spiro atoms. The molecular weight excluding hydrogens is 224 g/mol. The summed E-state index contributed by atoms with van der Waals surface area (Å²) < 4.78 is 5.55. The zero-order chi connectivity index (χ0) is 12.4. The molecule has 0 aromatic rings. The van der Waals surface area contributed by atoms with Crippen LogP contribution in [0.5, 0.6) is 0 Å². The highest BCUT2D eigenvalue weighted by Crippen LogP contribution is 2.41. The van der Waals surface area contributed by atoms with E-state index >= 15 is 0 Å². The van der Waals surface area contributed by atoms with Crippen molar-refractivity contribution >= 4 is 5.97 Å². The Bertz CT molecular complexity index is 463. The first kappa shape index (κ1) is 11.5. The van der Waals surface area contributed by atoms with Crippen molar-refractivity contribution in [3.8, 4) is 0 Å². The van der Waals surface area contributed by atoms with Crippen LogP contribution in [0.2, 0.25) is 0 Å². The van der Waals surface area contributed by atoms with Gasteiger partial charge in [-0.2, -0.15) is 0 Å². The fraction of sp³-hybridized carbons (Fsp3) is 0.438. The van der Waals surface area contributed by atoms with Gasteiger partial charge in [-0.05, 0) is 30.8 Å². The lowest BCUT2D eigenvalue weighted by atomic mass is 9.72. The van der Waals surface area contributed by atoms with Crippen molar-refractivity contribution in [3.63, 3.8) is 0 Å². The van der Waals surface area contributed by atoms with E-state index in [9.17, 15) is 4.79 Å². The molecule has 3 aliphatic rings. The lowest BCUT2D eigenvalue weighted by Crippen LogP contribution is -2.35. The summed E-state index contributed by atoms with van der Waals surface area (Å²) in [6.07, 6.45) is 18.4. The maximum Gasteiger partial charge on any atom is 0.320 e. The maximum atomic E-state index is 12.4. The third-order valence-electron chi connectivity index (χ3n) is 4.17. The zero-order valence-corrected chi connectivity index (χ0v) is 10.5. The molecule has 0 N–H and O–H groups in total. The Morgan fingerprint density at radius 2 is 2.22 bits per heavy atom. The molecule has 0 bridgehead atoms. The lowest BCUT2D eigenvalue weighted by molar-refractivity contribution is -0.153. The Morgan fingerprint density at radius 1 is 1.33 bits per heavy atom. The number of hydrogen-bond acceptors (Lipinski definition) is 2. The molecule has 1 atom stereocenters. The van der Waals surface area contributed by atoms with Gasteiger partial charge in [-0.1, -0.05) is 49.0 Å². The summed E-state index contributed by atoms with van der Waals surface area (Å²) in [6.45, 7) is 0.592. The summed E-state index contributed by atoms with van der Waals surface area (Å²) in [5.41, 5.74) is 0.485. The van der Waals surface area contributed by atoms with Crippen LogP contribution < -0.4 is 0 Å². The Hall–Kier alpha value is -1.57. The van der Waals surface area contributed by atoms with E-state index in [2.05, 4.69) is 0 Å². The first-order valence-electron chi connectivity index (χ1n) is 6.72. The van der Waals surface area contributed by atoms with Gasteiger partial charge in [0.05, 0.1) is 6.61 Å². The molecule has 2 heteroatoms. The van der Waals surface area contributed by atoms with Crippen LogP contribution in [0.25, 0.3) is 0 Å². The second-order valence-corrected chi connectivity index (χ2v) is 5.34. The van der Waals surface area contributed by atoms with Gasteiger partial charge < -0.3 is 4.74 Å². The number of carbonyl (C=O) groups is 1. The summed E-state index contributed by atoms with van der Waals surface area (Å²) >= 11 is 0. The lowest BCUT2D eigenvalue weighted by Gasteiger charge is -2.33. The number of ether oxygens (including phenoxy) is 1. The van der Waals surface area contributed by atoms with E-state index in [1.165, 1.54) is 19.3 Å². The second-order valence-electron chi connectivity index (χ2n) is 5.34. The Labute approximate surface area is 108 Å². The monoisotopic (exact) mass is 242 g/mol. The van der Waals surface area contributed by atoms with Crippen molar-refractivity contribution in [2.24, 2.45) is 11.3 Å². The van der Waals surface area contributed by atoms with Crippen molar-refractivity contribution in [2.45, 2.75) is 25.7 Å². The summed E-state index contributed by atoms with van der Waals surface area (Å²) in [5.74, 6) is 0.505. The van der Waals surface area contributed by atoms with Gasteiger partial charge >= 0.3 is 5.97 Å². The highest BCUT2D eigenvalue weighted by Gasteiger charge is 2.41. The van der Waals surface area contributed by atoms with Gasteiger partial charge in [0.15, 0.2) is 0 Å². The molecule has 0 aromatic heterocycles. The molecule has 18 heavy (non-hydrogen) atoms. The van der Waals surface area contributed by atoms with Crippen LogP contribution in [0.15, 0.2) is 48.1 Å². The summed E-state index contributed by atoms with van der Waals surface area (Å²) in [7, 11) is 0. The highest BCUT2D eigenvalue weighted by atomic mass is 16.5.